The molecule has 0 aromatic heterocycles. The molecule has 0 aliphatic heterocycles. The molecule has 0 atom stereocenters. The Morgan fingerprint density at radius 3 is 1.82 bits per heavy atom. The maximum atomic E-state index is 13.0. The molecule has 0 amide bonds. The molecule has 0 saturated carbocycles. The molecule has 1 aromatic carbocycles. The highest BCUT2D eigenvalue weighted by Gasteiger charge is 2.23. The normalized spacial score (nSPS) is 10.9. The zero-order chi connectivity index (χ0) is 17.1. The van der Waals surface area contributed by atoms with Crippen molar-refractivity contribution in [3.05, 3.63) is 42.4 Å². The van der Waals surface area contributed by atoms with E-state index in [1.807, 2.05) is 0 Å². The molecular weight excluding hydrogens is 349 g/mol. The van der Waals surface area contributed by atoms with Crippen molar-refractivity contribution < 1.29 is 48.1 Å². The summed E-state index contributed by atoms with van der Waals surface area (Å²) in [4.78, 5) is -1.53. The number of halogens is 7. The third-order valence-electron chi connectivity index (χ3n) is 1.88. The van der Waals surface area contributed by atoms with Crippen molar-refractivity contribution in [2.75, 3.05) is 0 Å². The van der Waals surface area contributed by atoms with E-state index in [-0.39, 0.29) is 6.07 Å². The van der Waals surface area contributed by atoms with E-state index < -0.39 is 50.8 Å². The molecular formula is C10H3F7O4S. The van der Waals surface area contributed by atoms with Gasteiger partial charge in [-0.25, -0.2) is 0 Å². The van der Waals surface area contributed by atoms with Crippen LogP contribution in [0.1, 0.15) is 0 Å². The Kier molecular flexibility index (Phi) is 5.41. The van der Waals surface area contributed by atoms with Gasteiger partial charge in [0.25, 0.3) is 0 Å². The van der Waals surface area contributed by atoms with Crippen LogP contribution < -0.4 is 9.47 Å². The van der Waals surface area contributed by atoms with Crippen molar-refractivity contribution in [2.24, 2.45) is 0 Å². The summed E-state index contributed by atoms with van der Waals surface area (Å²) in [7, 11) is -5.65. The van der Waals surface area contributed by atoms with Crippen LogP contribution in [0.25, 0.3) is 0 Å². The van der Waals surface area contributed by atoms with Crippen LogP contribution in [0, 0.1) is 0 Å². The second-order valence-electron chi connectivity index (χ2n) is 3.32. The Morgan fingerprint density at radius 2 is 1.36 bits per heavy atom. The lowest BCUT2D eigenvalue weighted by Crippen LogP contribution is -2.01. The van der Waals surface area contributed by atoms with Crippen LogP contribution in [0.3, 0.4) is 0 Å². The Morgan fingerprint density at radius 1 is 0.864 bits per heavy atom. The highest BCUT2D eigenvalue weighted by molar-refractivity contribution is 7.86. The third-order valence-corrected chi connectivity index (χ3v) is 2.73. The monoisotopic (exact) mass is 352 g/mol. The molecule has 0 unspecified atom stereocenters. The average Bonchev–Trinajstić information content (AvgIpc) is 2.38. The Labute approximate surface area is 118 Å². The molecule has 0 bridgehead atoms. The summed E-state index contributed by atoms with van der Waals surface area (Å²) in [6, 6.07) is -3.84. The summed E-state index contributed by atoms with van der Waals surface area (Å²) in [5, 5.41) is 0. The second kappa shape index (κ2) is 6.68. The second-order valence-corrected chi connectivity index (χ2v) is 4.63. The van der Waals surface area contributed by atoms with Crippen LogP contribution in [0.15, 0.2) is 47.3 Å². The van der Waals surface area contributed by atoms with Gasteiger partial charge < -0.3 is 9.47 Å². The van der Waals surface area contributed by atoms with Crippen molar-refractivity contribution in [1.82, 2.24) is 0 Å². The van der Waals surface area contributed by atoms with Crippen LogP contribution in [0.2, 0.25) is 0 Å². The molecule has 0 saturated heterocycles. The van der Waals surface area contributed by atoms with Crippen molar-refractivity contribution in [1.29, 1.82) is 0 Å². The number of hydrogen-bond acceptors (Lipinski definition) is 4. The SMILES string of the molecule is O=S(=O)(F)c1cc(OC(F)=C(F)F)ccc1OC(F)=C(F)F. The fraction of sp³-hybridized carbons (Fsp3) is 0. The topological polar surface area (TPSA) is 52.6 Å². The van der Waals surface area contributed by atoms with Gasteiger partial charge in [0, 0.05) is 6.07 Å². The smallest absolute Gasteiger partial charge is 0.344 e. The summed E-state index contributed by atoms with van der Waals surface area (Å²) in [6.45, 7) is 0. The Balaban J connectivity index is 3.33. The lowest BCUT2D eigenvalue weighted by Gasteiger charge is -2.08. The lowest BCUT2D eigenvalue weighted by molar-refractivity contribution is 0.233. The van der Waals surface area contributed by atoms with E-state index in [1.54, 1.807) is 0 Å². The van der Waals surface area contributed by atoms with Crippen LogP contribution in [0.4, 0.5) is 30.2 Å². The van der Waals surface area contributed by atoms with Gasteiger partial charge in [0.2, 0.25) is 0 Å². The molecule has 0 radical (unpaired) electrons. The van der Waals surface area contributed by atoms with E-state index in [9.17, 15) is 38.6 Å². The van der Waals surface area contributed by atoms with E-state index in [2.05, 4.69) is 9.47 Å². The molecule has 22 heavy (non-hydrogen) atoms. The molecule has 1 rings (SSSR count). The Bertz CT molecular complexity index is 734. The van der Waals surface area contributed by atoms with Crippen LogP contribution in [0.5, 0.6) is 11.5 Å². The van der Waals surface area contributed by atoms with E-state index >= 15 is 0 Å². The molecule has 12 heteroatoms. The van der Waals surface area contributed by atoms with Crippen molar-refractivity contribution in [3.8, 4) is 11.5 Å². The maximum absolute atomic E-state index is 13.0. The number of hydrogen-bond donors (Lipinski definition) is 0. The Hall–Kier alpha value is -2.24. The van der Waals surface area contributed by atoms with Gasteiger partial charge in [0.1, 0.15) is 10.6 Å². The van der Waals surface area contributed by atoms with Crippen molar-refractivity contribution in [3.63, 3.8) is 0 Å². The van der Waals surface area contributed by atoms with Crippen LogP contribution in [-0.2, 0) is 10.2 Å². The highest BCUT2D eigenvalue weighted by atomic mass is 32.3. The fourth-order valence-corrected chi connectivity index (χ4v) is 1.71. The molecule has 122 valence electrons. The van der Waals surface area contributed by atoms with Gasteiger partial charge in [-0.2, -0.15) is 34.8 Å². The van der Waals surface area contributed by atoms with E-state index in [0.29, 0.717) is 12.1 Å². The first kappa shape index (κ1) is 17.8. The summed E-state index contributed by atoms with van der Waals surface area (Å²) in [5.74, 6) is -2.16. The van der Waals surface area contributed by atoms with E-state index in [4.69, 9.17) is 0 Å². The molecule has 0 aliphatic carbocycles. The van der Waals surface area contributed by atoms with Gasteiger partial charge in [-0.15, -0.1) is 3.89 Å². The third kappa shape index (κ3) is 4.65. The molecule has 1 aromatic rings. The van der Waals surface area contributed by atoms with Gasteiger partial charge in [-0.05, 0) is 12.1 Å². The van der Waals surface area contributed by atoms with Gasteiger partial charge in [-0.1, -0.05) is 0 Å². The average molecular weight is 352 g/mol. The maximum Gasteiger partial charge on any atom is 0.344 e. The minimum absolute atomic E-state index is 0.136. The van der Waals surface area contributed by atoms with Gasteiger partial charge in [0.05, 0.1) is 0 Å². The van der Waals surface area contributed by atoms with Gasteiger partial charge >= 0.3 is 34.4 Å². The summed E-state index contributed by atoms with van der Waals surface area (Å²) < 4.78 is 115. The zero-order valence-corrected chi connectivity index (χ0v) is 10.7. The predicted octanol–water partition coefficient (Wildman–Crippen LogP) is 4.17. The van der Waals surface area contributed by atoms with Crippen LogP contribution in [-0.4, -0.2) is 8.42 Å². The largest absolute Gasteiger partial charge is 0.428 e. The summed E-state index contributed by atoms with van der Waals surface area (Å²) in [6.07, 6.45) is -5.85. The van der Waals surface area contributed by atoms with Crippen molar-refractivity contribution >= 4 is 10.2 Å². The lowest BCUT2D eigenvalue weighted by atomic mass is 10.3. The molecule has 0 heterocycles. The molecule has 0 fully saturated rings. The molecule has 0 aliphatic rings. The quantitative estimate of drug-likeness (QED) is 0.453. The summed E-state index contributed by atoms with van der Waals surface area (Å²) in [5.41, 5.74) is 0. The minimum atomic E-state index is -5.65. The van der Waals surface area contributed by atoms with E-state index in [0.717, 1.165) is 0 Å². The van der Waals surface area contributed by atoms with E-state index in [1.165, 1.54) is 0 Å². The standard InChI is InChI=1S/C10H3F7O4S/c11-7(12)9(15)20-4-1-2-5(21-10(16)8(13)14)6(3-4)22(17,18)19/h1-3H. The minimum Gasteiger partial charge on any atom is -0.428 e. The first-order valence-corrected chi connectivity index (χ1v) is 6.26. The predicted molar refractivity (Wildman–Crippen MR) is 56.7 cm³/mol. The summed E-state index contributed by atoms with van der Waals surface area (Å²) >= 11 is 0. The van der Waals surface area contributed by atoms with Crippen molar-refractivity contribution in [2.45, 2.75) is 4.90 Å². The fourth-order valence-electron chi connectivity index (χ4n) is 1.10. The van der Waals surface area contributed by atoms with Gasteiger partial charge in [-0.3, -0.25) is 0 Å². The number of rotatable bonds is 5. The highest BCUT2D eigenvalue weighted by Crippen LogP contribution is 2.33. The molecule has 0 N–H and O–H groups in total. The molecule has 4 nitrogen and oxygen atoms in total. The first-order chi connectivity index (χ1) is 10.0. The number of benzene rings is 1. The molecule has 0 spiro atoms. The number of ether oxygens (including phenoxy) is 2. The first-order valence-electron chi connectivity index (χ1n) is 4.88. The zero-order valence-electron chi connectivity index (χ0n) is 9.92. The van der Waals surface area contributed by atoms with Crippen LogP contribution >= 0.6 is 0 Å². The van der Waals surface area contributed by atoms with Gasteiger partial charge in [0.15, 0.2) is 5.75 Å².